The maximum absolute atomic E-state index is 12.6. The molecule has 6 atom stereocenters. The van der Waals surface area contributed by atoms with Crippen molar-refractivity contribution >= 4 is 18.0 Å². The molecule has 0 unspecified atom stereocenters. The molecule has 6 rings (SSSR count). The molecule has 1 aliphatic heterocycles. The summed E-state index contributed by atoms with van der Waals surface area (Å²) in [7, 11) is 0. The Morgan fingerprint density at radius 2 is 1.81 bits per heavy atom. The van der Waals surface area contributed by atoms with Crippen LogP contribution in [0.5, 0.6) is 0 Å². The molecule has 4 aliphatic carbocycles. The second-order valence-electron chi connectivity index (χ2n) is 6.51. The molecule has 2 amide bonds. The maximum atomic E-state index is 12.6. The van der Waals surface area contributed by atoms with Gasteiger partial charge in [-0.2, -0.15) is 10.1 Å². The summed E-state index contributed by atoms with van der Waals surface area (Å²) in [5, 5.41) is 5.24. The lowest BCUT2D eigenvalue weighted by atomic mass is 9.63. The number of aromatic nitrogens is 1. The molecule has 2 saturated carbocycles. The zero-order chi connectivity index (χ0) is 14.1. The summed E-state index contributed by atoms with van der Waals surface area (Å²) in [6, 6.07) is 3.70. The summed E-state index contributed by atoms with van der Waals surface area (Å²) in [6.07, 6.45) is 8.85. The minimum atomic E-state index is -0.169. The highest BCUT2D eigenvalue weighted by Gasteiger charge is 2.67. The van der Waals surface area contributed by atoms with E-state index in [0.29, 0.717) is 11.8 Å². The molecule has 0 aromatic carbocycles. The van der Waals surface area contributed by atoms with E-state index < -0.39 is 0 Å². The number of amides is 2. The van der Waals surface area contributed by atoms with Gasteiger partial charge >= 0.3 is 0 Å². The molecule has 3 fully saturated rings. The Balaban J connectivity index is 1.48. The zero-order valence-corrected chi connectivity index (χ0v) is 11.3. The van der Waals surface area contributed by atoms with Gasteiger partial charge in [0.2, 0.25) is 0 Å². The fourth-order valence-electron chi connectivity index (χ4n) is 4.60. The van der Waals surface area contributed by atoms with Crippen molar-refractivity contribution in [3.05, 3.63) is 36.2 Å². The Kier molecular flexibility index (Phi) is 2.04. The molecule has 21 heavy (non-hydrogen) atoms. The van der Waals surface area contributed by atoms with Gasteiger partial charge in [-0.15, -0.1) is 0 Å². The van der Waals surface area contributed by atoms with Crippen LogP contribution in [0, 0.1) is 35.5 Å². The van der Waals surface area contributed by atoms with Crippen molar-refractivity contribution in [2.75, 3.05) is 0 Å². The van der Waals surface area contributed by atoms with E-state index >= 15 is 0 Å². The second kappa shape index (κ2) is 3.72. The molecular formula is C16H15N3O2. The number of hydrogen-bond acceptors (Lipinski definition) is 3. The second-order valence-corrected chi connectivity index (χ2v) is 6.51. The quantitative estimate of drug-likeness (QED) is 0.506. The Morgan fingerprint density at radius 1 is 1.14 bits per heavy atom. The molecular weight excluding hydrogens is 266 g/mol. The summed E-state index contributed by atoms with van der Waals surface area (Å²) < 4.78 is 0. The lowest BCUT2D eigenvalue weighted by Gasteiger charge is -2.37. The average Bonchev–Trinajstić information content (AvgIpc) is 3.10. The third kappa shape index (κ3) is 1.38. The molecule has 5 heteroatoms. The summed E-state index contributed by atoms with van der Waals surface area (Å²) in [4.78, 5) is 28.2. The summed E-state index contributed by atoms with van der Waals surface area (Å²) >= 11 is 0. The molecule has 5 nitrogen and oxygen atoms in total. The summed E-state index contributed by atoms with van der Waals surface area (Å²) in [6.45, 7) is 0. The van der Waals surface area contributed by atoms with E-state index in [2.05, 4.69) is 22.2 Å². The number of carbonyl (C=O) groups excluding carboxylic acids is 2. The van der Waals surface area contributed by atoms with Crippen LogP contribution in [0.3, 0.4) is 0 Å². The first kappa shape index (κ1) is 11.5. The molecule has 0 radical (unpaired) electrons. The van der Waals surface area contributed by atoms with E-state index in [9.17, 15) is 9.59 Å². The fraction of sp³-hybridized carbons (Fsp3) is 0.438. The van der Waals surface area contributed by atoms with Crippen LogP contribution in [-0.2, 0) is 9.59 Å². The van der Waals surface area contributed by atoms with E-state index in [1.165, 1.54) is 6.42 Å². The zero-order valence-electron chi connectivity index (χ0n) is 11.3. The van der Waals surface area contributed by atoms with Gasteiger partial charge in [0.25, 0.3) is 11.8 Å². The number of nitrogens with one attached hydrogen (secondary N) is 1. The number of allylic oxidation sites excluding steroid dienone is 2. The van der Waals surface area contributed by atoms with Crippen LogP contribution in [0.1, 0.15) is 12.1 Å². The first-order chi connectivity index (χ1) is 10.3. The van der Waals surface area contributed by atoms with Crippen molar-refractivity contribution in [1.82, 2.24) is 9.99 Å². The molecule has 1 N–H and O–H groups in total. The lowest BCUT2D eigenvalue weighted by molar-refractivity contribution is -0.140. The van der Waals surface area contributed by atoms with E-state index in [-0.39, 0.29) is 35.5 Å². The summed E-state index contributed by atoms with van der Waals surface area (Å²) in [5.74, 6) is 1.21. The average molecular weight is 281 g/mol. The van der Waals surface area contributed by atoms with Gasteiger partial charge in [-0.25, -0.2) is 0 Å². The van der Waals surface area contributed by atoms with Crippen LogP contribution in [0.2, 0.25) is 0 Å². The van der Waals surface area contributed by atoms with Crippen molar-refractivity contribution in [2.45, 2.75) is 6.42 Å². The van der Waals surface area contributed by atoms with Gasteiger partial charge in [0.15, 0.2) is 0 Å². The number of hydrogen-bond donors (Lipinski definition) is 1. The van der Waals surface area contributed by atoms with Crippen LogP contribution >= 0.6 is 0 Å². The number of rotatable bonds is 2. The molecule has 0 spiro atoms. The normalized spacial score (nSPS) is 42.8. The SMILES string of the molecule is O=C1[C@H]2[C@@H]3C=C[C@H]([C@H]4C[C@H]34)[C@@H]2C(=O)N1/N=C\c1ccc[nH]1. The number of nitrogens with zero attached hydrogens (tertiary/aromatic N) is 2. The van der Waals surface area contributed by atoms with Crippen molar-refractivity contribution in [1.29, 1.82) is 0 Å². The smallest absolute Gasteiger partial charge is 0.254 e. The Labute approximate surface area is 121 Å². The van der Waals surface area contributed by atoms with Gasteiger partial charge in [0.1, 0.15) is 0 Å². The first-order valence-corrected chi connectivity index (χ1v) is 7.49. The van der Waals surface area contributed by atoms with E-state index in [0.717, 1.165) is 10.7 Å². The van der Waals surface area contributed by atoms with E-state index in [4.69, 9.17) is 0 Å². The van der Waals surface area contributed by atoms with Gasteiger partial charge in [0, 0.05) is 6.20 Å². The number of imide groups is 1. The highest BCUT2D eigenvalue weighted by atomic mass is 16.2. The molecule has 2 heterocycles. The maximum Gasteiger partial charge on any atom is 0.254 e. The van der Waals surface area contributed by atoms with Gasteiger partial charge in [-0.3, -0.25) is 9.59 Å². The fourth-order valence-corrected chi connectivity index (χ4v) is 4.60. The topological polar surface area (TPSA) is 65.5 Å². The molecule has 5 aliphatic rings. The molecule has 1 aromatic rings. The van der Waals surface area contributed by atoms with Crippen molar-refractivity contribution < 1.29 is 9.59 Å². The standard InChI is InChI=1S/C16H15N3O2/c20-15-13-9-3-4-10(12-6-11(9)12)14(13)16(21)19(15)18-7-8-2-1-5-17-8/h1-5,7,9-14,17H,6H2/b18-7-/t9-,10-,11-,12-,13+,14+/m1/s1. The van der Waals surface area contributed by atoms with Crippen molar-refractivity contribution in [3.63, 3.8) is 0 Å². The summed E-state index contributed by atoms with van der Waals surface area (Å²) in [5.41, 5.74) is 0.786. The minimum absolute atomic E-state index is 0.113. The van der Waals surface area contributed by atoms with Crippen LogP contribution in [-0.4, -0.2) is 28.0 Å². The predicted molar refractivity (Wildman–Crippen MR) is 74.9 cm³/mol. The minimum Gasteiger partial charge on any atom is -0.360 e. The largest absolute Gasteiger partial charge is 0.360 e. The first-order valence-electron chi connectivity index (χ1n) is 7.49. The molecule has 2 bridgehead atoms. The highest BCUT2D eigenvalue weighted by molar-refractivity contribution is 6.06. The molecule has 1 aromatic heterocycles. The third-order valence-electron chi connectivity index (χ3n) is 5.57. The monoisotopic (exact) mass is 281 g/mol. The van der Waals surface area contributed by atoms with Crippen molar-refractivity contribution in [3.8, 4) is 0 Å². The number of H-pyrrole nitrogens is 1. The van der Waals surface area contributed by atoms with Crippen LogP contribution in [0.4, 0.5) is 0 Å². The van der Waals surface area contributed by atoms with Gasteiger partial charge in [-0.1, -0.05) is 12.2 Å². The third-order valence-corrected chi connectivity index (χ3v) is 5.57. The van der Waals surface area contributed by atoms with Gasteiger partial charge < -0.3 is 4.98 Å². The Morgan fingerprint density at radius 3 is 2.38 bits per heavy atom. The van der Waals surface area contributed by atoms with Crippen molar-refractivity contribution in [2.24, 2.45) is 40.6 Å². The lowest BCUT2D eigenvalue weighted by Crippen LogP contribution is -2.40. The number of hydrazone groups is 1. The number of carbonyl (C=O) groups is 2. The molecule has 1 saturated heterocycles. The predicted octanol–water partition coefficient (Wildman–Crippen LogP) is 1.40. The Bertz CT molecular complexity index is 654. The van der Waals surface area contributed by atoms with E-state index in [1.807, 2.05) is 12.1 Å². The molecule has 106 valence electrons. The van der Waals surface area contributed by atoms with Crippen LogP contribution < -0.4 is 0 Å². The highest BCUT2D eigenvalue weighted by Crippen LogP contribution is 2.65. The van der Waals surface area contributed by atoms with Gasteiger partial charge in [-0.05, 0) is 42.2 Å². The number of aromatic amines is 1. The van der Waals surface area contributed by atoms with E-state index in [1.54, 1.807) is 12.4 Å². The Hall–Kier alpha value is -2.17. The van der Waals surface area contributed by atoms with Crippen LogP contribution in [0.15, 0.2) is 35.6 Å². The van der Waals surface area contributed by atoms with Crippen LogP contribution in [0.25, 0.3) is 0 Å². The van der Waals surface area contributed by atoms with Gasteiger partial charge in [0.05, 0.1) is 23.7 Å².